The zero-order valence-electron chi connectivity index (χ0n) is 7.48. The van der Waals surface area contributed by atoms with E-state index in [9.17, 15) is 0 Å². The molecule has 2 aromatic rings. The molecule has 0 aromatic carbocycles. The van der Waals surface area contributed by atoms with Gasteiger partial charge in [0.1, 0.15) is 9.49 Å². The maximum Gasteiger partial charge on any atom is 0.150 e. The van der Waals surface area contributed by atoms with Crippen LogP contribution in [0, 0.1) is 0 Å². The van der Waals surface area contributed by atoms with Crippen LogP contribution in [0.15, 0.2) is 28.2 Å². The SMILES string of the molecule is Clc1cc(Cl)c(CSc2nccs2)cn1. The van der Waals surface area contributed by atoms with E-state index in [1.807, 2.05) is 5.38 Å². The predicted octanol–water partition coefficient (Wildman–Crippen LogP) is 4.14. The zero-order valence-corrected chi connectivity index (χ0v) is 10.6. The van der Waals surface area contributed by atoms with E-state index in [0.29, 0.717) is 10.2 Å². The molecular weight excluding hydrogens is 271 g/mol. The molecular formula is C9H6Cl2N2S2. The van der Waals surface area contributed by atoms with Crippen LogP contribution < -0.4 is 0 Å². The first kappa shape index (κ1) is 11.2. The molecule has 0 saturated carbocycles. The highest BCUT2D eigenvalue weighted by atomic mass is 35.5. The molecule has 0 unspecified atom stereocenters. The number of hydrogen-bond donors (Lipinski definition) is 0. The lowest BCUT2D eigenvalue weighted by Crippen LogP contribution is -1.85. The second-order valence-corrected chi connectivity index (χ2v) is 5.60. The molecule has 0 radical (unpaired) electrons. The van der Waals surface area contributed by atoms with Crippen LogP contribution in [0.3, 0.4) is 0 Å². The molecule has 0 aliphatic heterocycles. The smallest absolute Gasteiger partial charge is 0.150 e. The van der Waals surface area contributed by atoms with Crippen molar-refractivity contribution in [3.63, 3.8) is 0 Å². The standard InChI is InChI=1S/C9H6Cl2N2S2/c10-7-3-8(11)13-4-6(7)5-15-9-12-1-2-14-9/h1-4H,5H2. The molecule has 0 aliphatic rings. The van der Waals surface area contributed by atoms with Crippen molar-refractivity contribution >= 4 is 46.3 Å². The molecule has 2 rings (SSSR count). The molecule has 2 heterocycles. The summed E-state index contributed by atoms with van der Waals surface area (Å²) in [5.74, 6) is 0.760. The van der Waals surface area contributed by atoms with Crippen molar-refractivity contribution in [2.45, 2.75) is 10.1 Å². The number of aromatic nitrogens is 2. The molecule has 0 N–H and O–H groups in total. The Bertz CT molecular complexity index is 445. The van der Waals surface area contributed by atoms with E-state index in [1.54, 1.807) is 41.6 Å². The Morgan fingerprint density at radius 1 is 1.33 bits per heavy atom. The zero-order chi connectivity index (χ0) is 10.7. The summed E-state index contributed by atoms with van der Waals surface area (Å²) < 4.78 is 1.03. The first-order valence-corrected chi connectivity index (χ1v) is 6.70. The monoisotopic (exact) mass is 276 g/mol. The summed E-state index contributed by atoms with van der Waals surface area (Å²) in [5, 5.41) is 3.02. The highest BCUT2D eigenvalue weighted by molar-refractivity contribution is 8.00. The van der Waals surface area contributed by atoms with Crippen LogP contribution in [0.1, 0.15) is 5.56 Å². The van der Waals surface area contributed by atoms with Crippen molar-refractivity contribution in [1.82, 2.24) is 9.97 Å². The van der Waals surface area contributed by atoms with Crippen LogP contribution in [-0.2, 0) is 5.75 Å². The lowest BCUT2D eigenvalue weighted by Gasteiger charge is -2.01. The summed E-state index contributed by atoms with van der Waals surface area (Å²) in [6.45, 7) is 0. The van der Waals surface area contributed by atoms with Gasteiger partial charge < -0.3 is 0 Å². The van der Waals surface area contributed by atoms with Crippen LogP contribution in [0.5, 0.6) is 0 Å². The number of thioether (sulfide) groups is 1. The molecule has 2 aromatic heterocycles. The molecule has 0 saturated heterocycles. The van der Waals surface area contributed by atoms with Crippen molar-refractivity contribution in [3.05, 3.63) is 39.6 Å². The van der Waals surface area contributed by atoms with Gasteiger partial charge in [-0.3, -0.25) is 0 Å². The fourth-order valence-electron chi connectivity index (χ4n) is 0.963. The van der Waals surface area contributed by atoms with Crippen molar-refractivity contribution < 1.29 is 0 Å². The molecule has 0 spiro atoms. The number of thiazole rings is 1. The summed E-state index contributed by atoms with van der Waals surface area (Å²) in [6.07, 6.45) is 3.49. The fraction of sp³-hybridized carbons (Fsp3) is 0.111. The molecule has 15 heavy (non-hydrogen) atoms. The number of pyridine rings is 1. The second-order valence-electron chi connectivity index (χ2n) is 2.69. The summed E-state index contributed by atoms with van der Waals surface area (Å²) in [4.78, 5) is 8.16. The third kappa shape index (κ3) is 3.08. The molecule has 0 amide bonds. The second kappa shape index (κ2) is 5.16. The quantitative estimate of drug-likeness (QED) is 0.623. The van der Waals surface area contributed by atoms with Gasteiger partial charge in [-0.1, -0.05) is 35.0 Å². The lowest BCUT2D eigenvalue weighted by atomic mass is 10.3. The molecule has 78 valence electrons. The van der Waals surface area contributed by atoms with Gasteiger partial charge in [0, 0.05) is 28.5 Å². The van der Waals surface area contributed by atoms with Crippen molar-refractivity contribution in [2.75, 3.05) is 0 Å². The van der Waals surface area contributed by atoms with Gasteiger partial charge in [-0.05, 0) is 11.6 Å². The van der Waals surface area contributed by atoms with E-state index in [4.69, 9.17) is 23.2 Å². The Balaban J connectivity index is 2.05. The van der Waals surface area contributed by atoms with E-state index in [-0.39, 0.29) is 0 Å². The lowest BCUT2D eigenvalue weighted by molar-refractivity contribution is 1.22. The summed E-state index contributed by atoms with van der Waals surface area (Å²) in [6, 6.07) is 1.65. The summed E-state index contributed by atoms with van der Waals surface area (Å²) >= 11 is 15.0. The molecule has 2 nitrogen and oxygen atoms in total. The fourth-order valence-corrected chi connectivity index (χ4v) is 3.09. The topological polar surface area (TPSA) is 25.8 Å². The van der Waals surface area contributed by atoms with Gasteiger partial charge in [-0.15, -0.1) is 11.3 Å². The Morgan fingerprint density at radius 3 is 2.87 bits per heavy atom. The summed E-state index contributed by atoms with van der Waals surface area (Å²) in [7, 11) is 0. The van der Waals surface area contributed by atoms with Crippen LogP contribution in [0.4, 0.5) is 0 Å². The van der Waals surface area contributed by atoms with Crippen LogP contribution in [0.25, 0.3) is 0 Å². The van der Waals surface area contributed by atoms with E-state index in [2.05, 4.69) is 9.97 Å². The van der Waals surface area contributed by atoms with Crippen LogP contribution >= 0.6 is 46.3 Å². The van der Waals surface area contributed by atoms with Gasteiger partial charge in [0.15, 0.2) is 0 Å². The maximum atomic E-state index is 6.01. The Morgan fingerprint density at radius 2 is 2.20 bits per heavy atom. The van der Waals surface area contributed by atoms with E-state index in [0.717, 1.165) is 15.7 Å². The highest BCUT2D eigenvalue weighted by Gasteiger charge is 2.04. The van der Waals surface area contributed by atoms with E-state index >= 15 is 0 Å². The van der Waals surface area contributed by atoms with Crippen molar-refractivity contribution in [2.24, 2.45) is 0 Å². The molecule has 0 fully saturated rings. The average Bonchev–Trinajstić information content (AvgIpc) is 2.69. The number of nitrogens with zero attached hydrogens (tertiary/aromatic N) is 2. The predicted molar refractivity (Wildman–Crippen MR) is 65.9 cm³/mol. The largest absolute Gasteiger partial charge is 0.244 e. The molecule has 0 atom stereocenters. The minimum absolute atomic E-state index is 0.419. The van der Waals surface area contributed by atoms with Gasteiger partial charge in [-0.2, -0.15) is 0 Å². The van der Waals surface area contributed by atoms with Crippen molar-refractivity contribution in [1.29, 1.82) is 0 Å². The Hall–Kier alpha value is -0.290. The molecule has 0 bridgehead atoms. The van der Waals surface area contributed by atoms with Gasteiger partial charge >= 0.3 is 0 Å². The van der Waals surface area contributed by atoms with Gasteiger partial charge in [0.2, 0.25) is 0 Å². The van der Waals surface area contributed by atoms with Crippen LogP contribution in [0.2, 0.25) is 10.2 Å². The first-order valence-electron chi connectivity index (χ1n) is 4.08. The van der Waals surface area contributed by atoms with E-state index in [1.165, 1.54) is 0 Å². The van der Waals surface area contributed by atoms with Gasteiger partial charge in [0.25, 0.3) is 0 Å². The molecule has 0 aliphatic carbocycles. The van der Waals surface area contributed by atoms with Crippen LogP contribution in [-0.4, -0.2) is 9.97 Å². The minimum Gasteiger partial charge on any atom is -0.244 e. The third-order valence-corrected chi connectivity index (χ3v) is 4.23. The van der Waals surface area contributed by atoms with Gasteiger partial charge in [0.05, 0.1) is 0 Å². The normalized spacial score (nSPS) is 10.5. The number of rotatable bonds is 3. The first-order chi connectivity index (χ1) is 7.25. The Kier molecular flexibility index (Phi) is 3.86. The number of hydrogen-bond acceptors (Lipinski definition) is 4. The Labute approximate surface area is 106 Å². The minimum atomic E-state index is 0.419. The molecule has 6 heteroatoms. The van der Waals surface area contributed by atoms with Gasteiger partial charge in [-0.25, -0.2) is 9.97 Å². The summed E-state index contributed by atoms with van der Waals surface area (Å²) in [5.41, 5.74) is 0.973. The maximum absolute atomic E-state index is 6.01. The average molecular weight is 277 g/mol. The van der Waals surface area contributed by atoms with Crippen molar-refractivity contribution in [3.8, 4) is 0 Å². The number of halogens is 2. The highest BCUT2D eigenvalue weighted by Crippen LogP contribution is 2.28. The van der Waals surface area contributed by atoms with E-state index < -0.39 is 0 Å². The third-order valence-electron chi connectivity index (χ3n) is 1.66.